The molecule has 0 spiro atoms. The molecular formula is C13H10BrFN2OS. The topological polar surface area (TPSA) is 45.9 Å². The molecule has 0 aliphatic heterocycles. The fourth-order valence-corrected chi connectivity index (χ4v) is 3.05. The second-order valence-electron chi connectivity index (χ2n) is 3.90. The number of hydrogen-bond acceptors (Lipinski definition) is 4. The normalized spacial score (nSPS) is 10.3. The van der Waals surface area contributed by atoms with Crippen LogP contribution in [0.15, 0.2) is 9.85 Å². The van der Waals surface area contributed by atoms with E-state index in [1.165, 1.54) is 18.4 Å². The largest absolute Gasteiger partial charge is 0.494 e. The second kappa shape index (κ2) is 5.27. The molecule has 0 aliphatic carbocycles. The average Bonchev–Trinajstić information content (AvgIpc) is 2.80. The number of aryl methyl sites for hydroxylation is 1. The van der Waals surface area contributed by atoms with E-state index in [0.29, 0.717) is 22.4 Å². The van der Waals surface area contributed by atoms with Gasteiger partial charge in [-0.05, 0) is 35.3 Å². The van der Waals surface area contributed by atoms with Gasteiger partial charge in [-0.1, -0.05) is 0 Å². The Kier molecular flexibility index (Phi) is 3.88. The molecule has 2 rings (SSSR count). The standard InChI is InChI=1S/C13H10BrFN2OS/c1-6-8(4-16)13(18-3)11(14)12(15)10(6)9-5-19-7(2)17-9/h5H,1-3H3. The molecule has 0 atom stereocenters. The van der Waals surface area contributed by atoms with Crippen LogP contribution in [0, 0.1) is 31.0 Å². The van der Waals surface area contributed by atoms with E-state index >= 15 is 0 Å². The first-order chi connectivity index (χ1) is 9.01. The third kappa shape index (κ3) is 2.24. The Morgan fingerprint density at radius 2 is 2.16 bits per heavy atom. The number of hydrogen-bond donors (Lipinski definition) is 0. The molecule has 0 aliphatic rings. The quantitative estimate of drug-likeness (QED) is 0.822. The Balaban J connectivity index is 2.83. The highest BCUT2D eigenvalue weighted by Gasteiger charge is 2.23. The summed E-state index contributed by atoms with van der Waals surface area (Å²) in [6, 6.07) is 2.05. The first-order valence-electron chi connectivity index (χ1n) is 5.39. The lowest BCUT2D eigenvalue weighted by molar-refractivity contribution is 0.406. The Morgan fingerprint density at radius 1 is 1.47 bits per heavy atom. The fourth-order valence-electron chi connectivity index (χ4n) is 1.89. The minimum absolute atomic E-state index is 0.151. The van der Waals surface area contributed by atoms with E-state index in [4.69, 9.17) is 4.74 Å². The molecule has 0 unspecified atom stereocenters. The lowest BCUT2D eigenvalue weighted by atomic mass is 9.99. The van der Waals surface area contributed by atoms with Gasteiger partial charge < -0.3 is 4.74 Å². The minimum atomic E-state index is -0.460. The van der Waals surface area contributed by atoms with E-state index in [9.17, 15) is 9.65 Å². The lowest BCUT2D eigenvalue weighted by Crippen LogP contribution is -2.00. The van der Waals surface area contributed by atoms with Crippen LogP contribution >= 0.6 is 27.3 Å². The molecule has 2 aromatic rings. The van der Waals surface area contributed by atoms with E-state index in [1.54, 1.807) is 12.3 Å². The van der Waals surface area contributed by atoms with Crippen molar-refractivity contribution in [3.05, 3.63) is 31.8 Å². The third-order valence-corrected chi connectivity index (χ3v) is 4.26. The van der Waals surface area contributed by atoms with Crippen molar-refractivity contribution < 1.29 is 9.13 Å². The molecular weight excluding hydrogens is 331 g/mol. The summed E-state index contributed by atoms with van der Waals surface area (Å²) in [5.74, 6) is -0.244. The predicted octanol–water partition coefficient (Wildman–Crippen LogP) is 4.21. The summed E-state index contributed by atoms with van der Waals surface area (Å²) >= 11 is 4.58. The Bertz CT molecular complexity index is 691. The first kappa shape index (κ1) is 14.0. The van der Waals surface area contributed by atoms with Crippen molar-refractivity contribution in [2.45, 2.75) is 13.8 Å². The molecule has 0 saturated heterocycles. The molecule has 3 nitrogen and oxygen atoms in total. The summed E-state index contributed by atoms with van der Waals surface area (Å²) in [6.45, 7) is 3.55. The number of thiazole rings is 1. The van der Waals surface area contributed by atoms with Crippen LogP contribution in [0.25, 0.3) is 11.3 Å². The third-order valence-electron chi connectivity index (χ3n) is 2.78. The predicted molar refractivity (Wildman–Crippen MR) is 75.9 cm³/mol. The van der Waals surface area contributed by atoms with Crippen LogP contribution in [-0.2, 0) is 0 Å². The zero-order valence-electron chi connectivity index (χ0n) is 10.5. The van der Waals surface area contributed by atoms with E-state index in [-0.39, 0.29) is 10.2 Å². The van der Waals surface area contributed by atoms with Crippen molar-refractivity contribution in [3.8, 4) is 23.1 Å². The monoisotopic (exact) mass is 340 g/mol. The maximum Gasteiger partial charge on any atom is 0.154 e. The Morgan fingerprint density at radius 3 is 2.63 bits per heavy atom. The van der Waals surface area contributed by atoms with Crippen molar-refractivity contribution in [1.82, 2.24) is 4.98 Å². The van der Waals surface area contributed by atoms with Crippen molar-refractivity contribution in [3.63, 3.8) is 0 Å². The van der Waals surface area contributed by atoms with Crippen molar-refractivity contribution in [1.29, 1.82) is 5.26 Å². The molecule has 6 heteroatoms. The number of methoxy groups -OCH3 is 1. The molecule has 1 aromatic heterocycles. The molecule has 98 valence electrons. The number of ether oxygens (including phenoxy) is 1. The highest BCUT2D eigenvalue weighted by atomic mass is 79.9. The Labute approximate surface area is 122 Å². The SMILES string of the molecule is COc1c(Br)c(F)c(-c2csc(C)n2)c(C)c1C#N. The lowest BCUT2D eigenvalue weighted by Gasteiger charge is -2.13. The maximum atomic E-state index is 14.4. The van der Waals surface area contributed by atoms with E-state index < -0.39 is 5.82 Å². The molecule has 0 N–H and O–H groups in total. The van der Waals surface area contributed by atoms with Gasteiger partial charge >= 0.3 is 0 Å². The summed E-state index contributed by atoms with van der Waals surface area (Å²) in [4.78, 5) is 4.28. The van der Waals surface area contributed by atoms with Crippen molar-refractivity contribution in [2.24, 2.45) is 0 Å². The molecule has 1 aromatic carbocycles. The summed E-state index contributed by atoms with van der Waals surface area (Å²) in [5.41, 5.74) is 1.73. The number of aromatic nitrogens is 1. The molecule has 0 saturated carbocycles. The number of nitrogens with zero attached hydrogens (tertiary/aromatic N) is 2. The number of rotatable bonds is 2. The van der Waals surface area contributed by atoms with E-state index in [0.717, 1.165) is 5.01 Å². The van der Waals surface area contributed by atoms with Crippen LogP contribution in [-0.4, -0.2) is 12.1 Å². The number of nitriles is 1. The molecule has 1 heterocycles. The first-order valence-corrected chi connectivity index (χ1v) is 7.06. The van der Waals surface area contributed by atoms with Crippen LogP contribution in [0.2, 0.25) is 0 Å². The van der Waals surface area contributed by atoms with Gasteiger partial charge in [-0.3, -0.25) is 0 Å². The summed E-state index contributed by atoms with van der Waals surface area (Å²) in [7, 11) is 1.41. The number of halogens is 2. The number of benzene rings is 1. The van der Waals surface area contributed by atoms with Crippen molar-refractivity contribution in [2.75, 3.05) is 7.11 Å². The Hall–Kier alpha value is -1.45. The molecule has 19 heavy (non-hydrogen) atoms. The van der Waals surface area contributed by atoms with Gasteiger partial charge in [0.2, 0.25) is 0 Å². The van der Waals surface area contributed by atoms with E-state index in [1.807, 2.05) is 6.92 Å². The van der Waals surface area contributed by atoms with Gasteiger partial charge in [-0.2, -0.15) is 5.26 Å². The zero-order chi connectivity index (χ0) is 14.2. The smallest absolute Gasteiger partial charge is 0.154 e. The van der Waals surface area contributed by atoms with Gasteiger partial charge in [0, 0.05) is 10.9 Å². The van der Waals surface area contributed by atoms with Gasteiger partial charge in [0.1, 0.15) is 6.07 Å². The maximum absolute atomic E-state index is 14.4. The van der Waals surface area contributed by atoms with Gasteiger partial charge in [0.25, 0.3) is 0 Å². The van der Waals surface area contributed by atoms with E-state index in [2.05, 4.69) is 27.0 Å². The zero-order valence-corrected chi connectivity index (χ0v) is 12.9. The average molecular weight is 341 g/mol. The van der Waals surface area contributed by atoms with Crippen LogP contribution in [0.4, 0.5) is 4.39 Å². The molecule has 0 amide bonds. The van der Waals surface area contributed by atoms with Crippen LogP contribution in [0.3, 0.4) is 0 Å². The molecule has 0 bridgehead atoms. The summed E-state index contributed by atoms with van der Waals surface area (Å²) in [5, 5.41) is 11.9. The molecule has 0 radical (unpaired) electrons. The van der Waals surface area contributed by atoms with Gasteiger partial charge in [-0.15, -0.1) is 11.3 Å². The molecule has 0 fully saturated rings. The highest BCUT2D eigenvalue weighted by molar-refractivity contribution is 9.10. The summed E-state index contributed by atoms with van der Waals surface area (Å²) < 4.78 is 19.7. The van der Waals surface area contributed by atoms with Crippen molar-refractivity contribution >= 4 is 27.3 Å². The highest BCUT2D eigenvalue weighted by Crippen LogP contribution is 2.40. The van der Waals surface area contributed by atoms with Gasteiger partial charge in [-0.25, -0.2) is 9.37 Å². The summed E-state index contributed by atoms with van der Waals surface area (Å²) in [6.07, 6.45) is 0. The van der Waals surface area contributed by atoms with Crippen LogP contribution in [0.1, 0.15) is 16.1 Å². The second-order valence-corrected chi connectivity index (χ2v) is 5.76. The van der Waals surface area contributed by atoms with Crippen LogP contribution in [0.5, 0.6) is 5.75 Å². The fraction of sp³-hybridized carbons (Fsp3) is 0.231. The van der Waals surface area contributed by atoms with Gasteiger partial charge in [0.05, 0.1) is 27.8 Å². The van der Waals surface area contributed by atoms with Gasteiger partial charge in [0.15, 0.2) is 11.6 Å². The minimum Gasteiger partial charge on any atom is -0.494 e. The van der Waals surface area contributed by atoms with Crippen LogP contribution < -0.4 is 4.74 Å².